The van der Waals surface area contributed by atoms with E-state index in [4.69, 9.17) is 14.2 Å². The van der Waals surface area contributed by atoms with Gasteiger partial charge in [0.2, 0.25) is 0 Å². The highest BCUT2D eigenvalue weighted by Gasteiger charge is 2.37. The first-order chi connectivity index (χ1) is 69.9. The molecule has 0 N–H and O–H groups in total. The average Bonchev–Trinajstić information content (AvgIpc) is 1.71. The van der Waals surface area contributed by atoms with Crippen LogP contribution in [0.15, 0.2) is 510 Å². The molecule has 0 saturated carbocycles. The second-order valence-electron chi connectivity index (χ2n) is 37.4. The van der Waals surface area contributed by atoms with Crippen molar-refractivity contribution in [2.45, 2.75) is 17.8 Å². The number of fused-ring (bicyclic) bond motifs is 27. The molecule has 30 rings (SSSR count). The minimum Gasteiger partial charge on any atom is -0.457 e. The highest BCUT2D eigenvalue weighted by atomic mass is 16.5. The fourth-order valence-corrected chi connectivity index (χ4v) is 23.4. The molecule has 6 nitrogen and oxygen atoms in total. The summed E-state index contributed by atoms with van der Waals surface area (Å²) in [5.74, 6) is 5.69. The van der Waals surface area contributed by atoms with Crippen molar-refractivity contribution in [2.24, 2.45) is 0 Å². The van der Waals surface area contributed by atoms with Gasteiger partial charge >= 0.3 is 0 Å². The van der Waals surface area contributed by atoms with Crippen LogP contribution in [0.1, 0.15) is 67.8 Å². The van der Waals surface area contributed by atoms with Crippen LogP contribution in [-0.2, 0) is 0 Å². The number of aromatic nitrogens is 3. The topological polar surface area (TPSA) is 42.5 Å². The van der Waals surface area contributed by atoms with Crippen LogP contribution in [0, 0.1) is 0 Å². The summed E-state index contributed by atoms with van der Waals surface area (Å²) < 4.78 is 27.0. The van der Waals surface area contributed by atoms with Crippen molar-refractivity contribution in [1.29, 1.82) is 0 Å². The van der Waals surface area contributed by atoms with Crippen LogP contribution in [0.4, 0.5) is 0 Å². The largest absolute Gasteiger partial charge is 0.457 e. The molecule has 0 amide bonds. The van der Waals surface area contributed by atoms with E-state index in [9.17, 15) is 0 Å². The molecular weight excluding hydrogens is 1710 g/mol. The molecular formula is C135H87N3O3. The summed E-state index contributed by atoms with van der Waals surface area (Å²) >= 11 is 0. The third-order valence-corrected chi connectivity index (χ3v) is 29.8. The third-order valence-electron chi connectivity index (χ3n) is 29.8. The normalized spacial score (nSPS) is 12.8. The maximum Gasteiger partial charge on any atom is 0.132 e. The Morgan fingerprint density at radius 2 is 0.348 bits per heavy atom. The van der Waals surface area contributed by atoms with E-state index in [-0.39, 0.29) is 17.8 Å². The molecule has 0 unspecified atom stereocenters. The minimum absolute atomic E-state index is 0.0306. The highest BCUT2D eigenvalue weighted by molar-refractivity contribution is 6.13. The molecule has 0 spiro atoms. The van der Waals surface area contributed by atoms with Gasteiger partial charge in [0.05, 0.1) is 33.1 Å². The van der Waals surface area contributed by atoms with Gasteiger partial charge in [-0.2, -0.15) is 0 Å². The van der Waals surface area contributed by atoms with Gasteiger partial charge in [-0.25, -0.2) is 0 Å². The standard InChI is InChI=1S/3C45H29NO/c1-3-11-35-31(9-1)23-27-41-44(35)43(45-36-12-4-2-10-32(36)24-28-42(45)47-41)33-19-17-29(18-20-33)30-21-25-34(26-22-30)46-39-15-7-5-13-37(39)38-14-6-8-16-40(38)46;1-2-12-34(13-3-1)46-39-17-9-8-16-37(39)38-28-33(22-25-40(38)46)29-18-20-32(21-19-29)43-44-35-14-6-4-10-30(35)23-26-41(44)47-42-27-24-31-11-5-7-15-36(31)45(42)43;1-2-12-34(13-3-1)46-39-17-9-8-16-37(39)38-25-22-33(28-40(38)46)29-18-20-32(21-19-29)43-44-35-14-6-4-10-30(35)23-26-41(44)47-42-27-24-31-11-5-7-15-36(31)45(42)43/h3*1-28,43H. The second kappa shape index (κ2) is 33.3. The third kappa shape index (κ3) is 13.5. The first kappa shape index (κ1) is 81.0. The number of ether oxygens (including phenoxy) is 3. The molecule has 3 aliphatic heterocycles. The van der Waals surface area contributed by atoms with Gasteiger partial charge in [-0.15, -0.1) is 0 Å². The van der Waals surface area contributed by atoms with Crippen LogP contribution in [0.5, 0.6) is 34.5 Å². The van der Waals surface area contributed by atoms with Crippen molar-refractivity contribution in [1.82, 2.24) is 13.7 Å². The monoisotopic (exact) mass is 1800 g/mol. The summed E-state index contributed by atoms with van der Waals surface area (Å²) in [5, 5.41) is 22.4. The van der Waals surface area contributed by atoms with Crippen LogP contribution >= 0.6 is 0 Å². The fourth-order valence-electron chi connectivity index (χ4n) is 23.4. The smallest absolute Gasteiger partial charge is 0.132 e. The number of hydrogen-bond acceptors (Lipinski definition) is 3. The Kier molecular flexibility index (Phi) is 19.1. The Morgan fingerprint density at radius 3 is 0.660 bits per heavy atom. The number of nitrogens with zero attached hydrogens (tertiary/aromatic N) is 3. The fraction of sp³-hybridized carbons (Fsp3) is 0.0222. The molecule has 0 fully saturated rings. The summed E-state index contributed by atoms with van der Waals surface area (Å²) in [6, 6.07) is 184. The van der Waals surface area contributed by atoms with Crippen molar-refractivity contribution in [3.8, 4) is 84.9 Å². The summed E-state index contributed by atoms with van der Waals surface area (Å²) in [7, 11) is 0. The van der Waals surface area contributed by atoms with Crippen LogP contribution in [0.2, 0.25) is 0 Å². The molecule has 0 aliphatic carbocycles. The first-order valence-electron chi connectivity index (χ1n) is 48.7. The Balaban J connectivity index is 0.000000104. The zero-order valence-corrected chi connectivity index (χ0v) is 76.8. The zero-order chi connectivity index (χ0) is 92.7. The Labute approximate surface area is 814 Å². The van der Waals surface area contributed by atoms with E-state index in [0.717, 1.165) is 40.2 Å². The molecule has 24 aromatic carbocycles. The molecule has 6 heteroatoms. The zero-order valence-electron chi connectivity index (χ0n) is 76.8. The summed E-state index contributed by atoms with van der Waals surface area (Å²) in [6.45, 7) is 0. The number of benzene rings is 24. The van der Waals surface area contributed by atoms with Crippen molar-refractivity contribution in [3.63, 3.8) is 0 Å². The van der Waals surface area contributed by atoms with Gasteiger partial charge in [-0.1, -0.05) is 394 Å². The van der Waals surface area contributed by atoms with Crippen LogP contribution in [0.3, 0.4) is 0 Å². The molecule has 141 heavy (non-hydrogen) atoms. The van der Waals surface area contributed by atoms with E-state index in [1.165, 1.54) is 225 Å². The Bertz CT molecular complexity index is 9400. The SMILES string of the molecule is c1ccc(-n2c3ccccc3c3cc(-c4ccc(C5c6c(ccc7ccccc67)Oc6ccc7ccccc7c65)cc4)ccc32)cc1.c1ccc(-n2c3ccccc3c3ccc(-c4ccc(C5c6c(ccc7ccccc67)Oc6ccc7ccccc7c65)cc4)cc32)cc1.c1ccc2c3c(ccc2c1)Oc1ccc2ccccc2c1C3c1ccc(-c2ccc(-n3c4ccccc4c4ccccc43)cc2)cc1. The predicted octanol–water partition coefficient (Wildman–Crippen LogP) is 36.1. The van der Waals surface area contributed by atoms with Crippen molar-refractivity contribution in [3.05, 3.63) is 560 Å². The first-order valence-corrected chi connectivity index (χ1v) is 48.7. The second-order valence-corrected chi connectivity index (χ2v) is 37.4. The van der Waals surface area contributed by atoms with E-state index in [2.05, 4.69) is 523 Å². The van der Waals surface area contributed by atoms with E-state index < -0.39 is 0 Å². The van der Waals surface area contributed by atoms with Gasteiger partial charge in [0.15, 0.2) is 0 Å². The van der Waals surface area contributed by atoms with Crippen molar-refractivity contribution in [2.75, 3.05) is 0 Å². The van der Waals surface area contributed by atoms with Crippen molar-refractivity contribution < 1.29 is 14.2 Å². The summed E-state index contributed by atoms with van der Waals surface area (Å²) in [5.41, 5.74) is 29.2. The lowest BCUT2D eigenvalue weighted by Gasteiger charge is -2.31. The maximum atomic E-state index is 6.65. The van der Waals surface area contributed by atoms with Gasteiger partial charge in [0, 0.05) is 101 Å². The van der Waals surface area contributed by atoms with Gasteiger partial charge in [0.1, 0.15) is 34.5 Å². The van der Waals surface area contributed by atoms with Crippen molar-refractivity contribution >= 4 is 130 Å². The molecule has 660 valence electrons. The van der Waals surface area contributed by atoms with Crippen LogP contribution in [-0.4, -0.2) is 13.7 Å². The van der Waals surface area contributed by atoms with Crippen LogP contribution < -0.4 is 14.2 Å². The molecule has 0 radical (unpaired) electrons. The Morgan fingerprint density at radius 1 is 0.135 bits per heavy atom. The number of hydrogen-bond donors (Lipinski definition) is 0. The lowest BCUT2D eigenvalue weighted by Crippen LogP contribution is -2.13. The van der Waals surface area contributed by atoms with E-state index in [0.29, 0.717) is 0 Å². The summed E-state index contributed by atoms with van der Waals surface area (Å²) in [4.78, 5) is 0. The predicted molar refractivity (Wildman–Crippen MR) is 585 cm³/mol. The lowest BCUT2D eigenvalue weighted by molar-refractivity contribution is 0.456. The maximum absolute atomic E-state index is 6.65. The molecule has 0 saturated heterocycles. The quantitative estimate of drug-likeness (QED) is 0.145. The molecule has 0 atom stereocenters. The van der Waals surface area contributed by atoms with Gasteiger partial charge in [-0.05, 0) is 230 Å². The summed E-state index contributed by atoms with van der Waals surface area (Å²) in [6.07, 6.45) is 0. The van der Waals surface area contributed by atoms with E-state index in [1.54, 1.807) is 0 Å². The van der Waals surface area contributed by atoms with Crippen LogP contribution in [0.25, 0.3) is 180 Å². The van der Waals surface area contributed by atoms with Gasteiger partial charge in [-0.3, -0.25) is 0 Å². The highest BCUT2D eigenvalue weighted by Crippen LogP contribution is 2.57. The molecule has 3 aliphatic rings. The van der Waals surface area contributed by atoms with E-state index >= 15 is 0 Å². The average molecular weight is 1800 g/mol. The lowest BCUT2D eigenvalue weighted by atomic mass is 9.78. The Hall–Kier alpha value is -18.4. The number of rotatable bonds is 9. The molecule has 0 bridgehead atoms. The molecule has 6 heterocycles. The molecule has 3 aromatic heterocycles. The van der Waals surface area contributed by atoms with Gasteiger partial charge in [0.25, 0.3) is 0 Å². The molecule has 27 aromatic rings. The minimum atomic E-state index is 0.0306. The number of para-hydroxylation sites is 6. The van der Waals surface area contributed by atoms with Gasteiger partial charge < -0.3 is 27.9 Å². The van der Waals surface area contributed by atoms with E-state index in [1.807, 2.05) is 0 Å².